The van der Waals surface area contributed by atoms with Gasteiger partial charge >= 0.3 is 0 Å². The van der Waals surface area contributed by atoms with E-state index in [-0.39, 0.29) is 0 Å². The highest BCUT2D eigenvalue weighted by Crippen LogP contribution is 2.46. The van der Waals surface area contributed by atoms with Crippen LogP contribution in [0.5, 0.6) is 5.88 Å². The summed E-state index contributed by atoms with van der Waals surface area (Å²) in [6.07, 6.45) is 3.43. The second-order valence-electron chi connectivity index (χ2n) is 6.11. The number of aryl methyl sites for hydroxylation is 1. The van der Waals surface area contributed by atoms with Crippen molar-refractivity contribution < 1.29 is 4.74 Å². The normalized spacial score (nSPS) is 18.9. The summed E-state index contributed by atoms with van der Waals surface area (Å²) in [5.41, 5.74) is 7.02. The van der Waals surface area contributed by atoms with E-state index < -0.39 is 0 Å². The third-order valence-corrected chi connectivity index (χ3v) is 4.92. The van der Waals surface area contributed by atoms with E-state index >= 15 is 0 Å². The van der Waals surface area contributed by atoms with Crippen molar-refractivity contribution >= 4 is 17.2 Å². The molecule has 1 saturated carbocycles. The van der Waals surface area contributed by atoms with Crippen molar-refractivity contribution in [3.05, 3.63) is 52.0 Å². The van der Waals surface area contributed by atoms with Gasteiger partial charge in [0.15, 0.2) is 0 Å². The number of aromatic nitrogens is 5. The molecule has 3 heterocycles. The van der Waals surface area contributed by atoms with E-state index in [4.69, 9.17) is 10.5 Å². The van der Waals surface area contributed by atoms with Gasteiger partial charge in [-0.25, -0.2) is 4.98 Å². The third kappa shape index (κ3) is 3.90. The molecule has 1 aliphatic rings. The van der Waals surface area contributed by atoms with Crippen LogP contribution in [-0.4, -0.2) is 31.8 Å². The van der Waals surface area contributed by atoms with Gasteiger partial charge < -0.3 is 10.5 Å². The lowest BCUT2D eigenvalue weighted by atomic mass is 10.2. The summed E-state index contributed by atoms with van der Waals surface area (Å²) >= 11 is 1.53. The Balaban J connectivity index is 1.38. The van der Waals surface area contributed by atoms with Crippen molar-refractivity contribution in [3.8, 4) is 5.88 Å². The minimum atomic E-state index is 0.401. The second-order valence-corrected chi connectivity index (χ2v) is 7.37. The molecule has 3 aromatic heterocycles. The lowest BCUT2D eigenvalue weighted by molar-refractivity contribution is 0.284. The van der Waals surface area contributed by atoms with Crippen LogP contribution in [0, 0.1) is 12.8 Å². The van der Waals surface area contributed by atoms with Crippen LogP contribution in [0.3, 0.4) is 0 Å². The van der Waals surface area contributed by atoms with E-state index in [0.29, 0.717) is 42.4 Å². The fraction of sp³-hybridized carbons (Fsp3) is 0.353. The molecule has 8 heteroatoms. The predicted molar refractivity (Wildman–Crippen MR) is 94.5 cm³/mol. The van der Waals surface area contributed by atoms with Crippen molar-refractivity contribution in [2.45, 2.75) is 25.7 Å². The van der Waals surface area contributed by atoms with Gasteiger partial charge in [0.05, 0.1) is 13.0 Å². The van der Waals surface area contributed by atoms with E-state index in [1.165, 1.54) is 11.3 Å². The van der Waals surface area contributed by atoms with Gasteiger partial charge in [-0.2, -0.15) is 4.98 Å². The average molecular weight is 354 g/mol. The zero-order valence-corrected chi connectivity index (χ0v) is 14.6. The fourth-order valence-electron chi connectivity index (χ4n) is 2.77. The number of ether oxygens (including phenoxy) is 1. The molecule has 0 aromatic carbocycles. The van der Waals surface area contributed by atoms with Gasteiger partial charge in [0, 0.05) is 29.8 Å². The van der Waals surface area contributed by atoms with Crippen LogP contribution in [-0.2, 0) is 6.42 Å². The summed E-state index contributed by atoms with van der Waals surface area (Å²) in [5, 5.41) is 9.89. The molecule has 2 atom stereocenters. The minimum Gasteiger partial charge on any atom is -0.477 e. The summed E-state index contributed by atoms with van der Waals surface area (Å²) in [7, 11) is 0. The number of rotatable bonds is 6. The lowest BCUT2D eigenvalue weighted by Crippen LogP contribution is -2.07. The molecule has 0 amide bonds. The third-order valence-electron chi connectivity index (χ3n) is 4.08. The fourth-order valence-corrected chi connectivity index (χ4v) is 3.48. The summed E-state index contributed by atoms with van der Waals surface area (Å²) in [6, 6.07) is 7.68. The molecule has 3 aromatic rings. The Morgan fingerprint density at radius 2 is 2.20 bits per heavy atom. The van der Waals surface area contributed by atoms with E-state index in [2.05, 4.69) is 31.2 Å². The average Bonchev–Trinajstić information content (AvgIpc) is 3.28. The number of nitrogens with zero attached hydrogens (tertiary/aromatic N) is 5. The van der Waals surface area contributed by atoms with E-state index in [1.807, 2.05) is 25.3 Å². The highest BCUT2D eigenvalue weighted by molar-refractivity contribution is 7.11. The number of pyridine rings is 1. The molecule has 25 heavy (non-hydrogen) atoms. The quantitative estimate of drug-likeness (QED) is 0.725. The highest BCUT2D eigenvalue weighted by atomic mass is 32.1. The van der Waals surface area contributed by atoms with Gasteiger partial charge in [-0.1, -0.05) is 6.07 Å². The van der Waals surface area contributed by atoms with Crippen LogP contribution in [0.15, 0.2) is 30.5 Å². The van der Waals surface area contributed by atoms with Crippen molar-refractivity contribution in [1.82, 2.24) is 25.1 Å². The standard InChI is InChI=1S/C17H18N6OS/c1-10-22-23-17(25-10)8-15-20-14(18)7-16(21-15)24-9-11-6-12(11)13-4-2-3-5-19-13/h2-5,7,11-12H,6,8-9H2,1H3,(H2,18,20,21). The van der Waals surface area contributed by atoms with Crippen LogP contribution >= 0.6 is 11.3 Å². The maximum absolute atomic E-state index is 5.88. The first-order valence-corrected chi connectivity index (χ1v) is 8.95. The molecule has 4 rings (SSSR count). The molecular weight excluding hydrogens is 336 g/mol. The van der Waals surface area contributed by atoms with Crippen molar-refractivity contribution in [2.24, 2.45) is 5.92 Å². The van der Waals surface area contributed by atoms with Gasteiger partial charge in [-0.15, -0.1) is 21.5 Å². The Morgan fingerprint density at radius 3 is 2.96 bits per heavy atom. The number of nitrogen functional groups attached to an aromatic ring is 1. The van der Waals surface area contributed by atoms with Crippen LogP contribution < -0.4 is 10.5 Å². The van der Waals surface area contributed by atoms with Crippen LogP contribution in [0.4, 0.5) is 5.82 Å². The van der Waals surface area contributed by atoms with Crippen LogP contribution in [0.25, 0.3) is 0 Å². The van der Waals surface area contributed by atoms with Gasteiger partial charge in [-0.05, 0) is 25.5 Å². The monoisotopic (exact) mass is 354 g/mol. The largest absolute Gasteiger partial charge is 0.477 e. The first kappa shape index (κ1) is 15.9. The highest BCUT2D eigenvalue weighted by Gasteiger charge is 2.39. The Morgan fingerprint density at radius 1 is 1.28 bits per heavy atom. The molecule has 0 radical (unpaired) electrons. The maximum Gasteiger partial charge on any atom is 0.218 e. The Hall–Kier alpha value is -2.61. The molecule has 7 nitrogen and oxygen atoms in total. The van der Waals surface area contributed by atoms with Crippen molar-refractivity contribution in [1.29, 1.82) is 0 Å². The summed E-state index contributed by atoms with van der Waals surface area (Å²) in [4.78, 5) is 13.1. The molecular formula is C17H18N6OS. The smallest absolute Gasteiger partial charge is 0.218 e. The van der Waals surface area contributed by atoms with E-state index in [1.54, 1.807) is 6.07 Å². The Kier molecular flexibility index (Phi) is 4.27. The molecule has 0 saturated heterocycles. The SMILES string of the molecule is Cc1nnc(Cc2nc(N)cc(OCC3CC3c3ccccn3)n2)s1. The molecule has 1 aliphatic carbocycles. The van der Waals surface area contributed by atoms with E-state index in [9.17, 15) is 0 Å². The summed E-state index contributed by atoms with van der Waals surface area (Å²) in [5.74, 6) is 2.46. The predicted octanol–water partition coefficient (Wildman–Crippen LogP) is 2.39. The first-order valence-electron chi connectivity index (χ1n) is 8.13. The van der Waals surface area contributed by atoms with Gasteiger partial charge in [0.2, 0.25) is 5.88 Å². The summed E-state index contributed by atoms with van der Waals surface area (Å²) in [6.45, 7) is 2.53. The molecule has 0 bridgehead atoms. The lowest BCUT2D eigenvalue weighted by Gasteiger charge is -2.07. The van der Waals surface area contributed by atoms with Gasteiger partial charge in [0.25, 0.3) is 0 Å². The van der Waals surface area contributed by atoms with Gasteiger partial charge in [0.1, 0.15) is 21.7 Å². The minimum absolute atomic E-state index is 0.401. The first-order chi connectivity index (χ1) is 12.2. The van der Waals surface area contributed by atoms with Crippen LogP contribution in [0.1, 0.15) is 33.9 Å². The zero-order valence-electron chi connectivity index (χ0n) is 13.8. The number of anilines is 1. The van der Waals surface area contributed by atoms with Crippen molar-refractivity contribution in [2.75, 3.05) is 12.3 Å². The molecule has 0 spiro atoms. The Labute approximate surface area is 149 Å². The molecule has 0 aliphatic heterocycles. The topological polar surface area (TPSA) is 99.7 Å². The summed E-state index contributed by atoms with van der Waals surface area (Å²) < 4.78 is 5.85. The van der Waals surface area contributed by atoms with Gasteiger partial charge in [-0.3, -0.25) is 4.98 Å². The zero-order chi connectivity index (χ0) is 17.2. The van der Waals surface area contributed by atoms with Crippen molar-refractivity contribution in [3.63, 3.8) is 0 Å². The van der Waals surface area contributed by atoms with E-state index in [0.717, 1.165) is 22.1 Å². The second kappa shape index (κ2) is 6.72. The maximum atomic E-state index is 5.88. The molecule has 1 fully saturated rings. The molecule has 2 unspecified atom stereocenters. The number of nitrogens with two attached hydrogens (primary N) is 1. The number of hydrogen-bond donors (Lipinski definition) is 1. The molecule has 128 valence electrons. The Bertz CT molecular complexity index is 869. The number of hydrogen-bond acceptors (Lipinski definition) is 8. The molecule has 2 N–H and O–H groups in total. The van der Waals surface area contributed by atoms with Crippen LogP contribution in [0.2, 0.25) is 0 Å².